The Morgan fingerprint density at radius 1 is 1.21 bits per heavy atom. The summed E-state index contributed by atoms with van der Waals surface area (Å²) in [6.45, 7) is 5.72. The van der Waals surface area contributed by atoms with Crippen LogP contribution < -0.4 is 15.4 Å². The van der Waals surface area contributed by atoms with Gasteiger partial charge >= 0.3 is 0 Å². The van der Waals surface area contributed by atoms with Crippen molar-refractivity contribution in [2.45, 2.75) is 19.8 Å². The first kappa shape index (κ1) is 17.7. The van der Waals surface area contributed by atoms with E-state index in [2.05, 4.69) is 24.5 Å². The summed E-state index contributed by atoms with van der Waals surface area (Å²) in [6, 6.07) is 7.85. The summed E-state index contributed by atoms with van der Waals surface area (Å²) in [6.07, 6.45) is 0. The molecule has 0 unspecified atom stereocenters. The van der Waals surface area contributed by atoms with Crippen molar-refractivity contribution in [1.29, 1.82) is 0 Å². The molecule has 1 aromatic carbocycles. The summed E-state index contributed by atoms with van der Waals surface area (Å²) in [5, 5.41) is 5.72. The SMILES string of the molecule is CNCCNC(=O)COc1ccc(C(C)C)cc1.Cl. The van der Waals surface area contributed by atoms with Crippen LogP contribution in [0.4, 0.5) is 0 Å². The molecule has 1 aromatic rings. The fourth-order valence-electron chi connectivity index (χ4n) is 1.48. The number of nitrogens with one attached hydrogen (secondary N) is 2. The van der Waals surface area contributed by atoms with Crippen LogP contribution in [-0.2, 0) is 4.79 Å². The van der Waals surface area contributed by atoms with Gasteiger partial charge in [0.15, 0.2) is 6.61 Å². The fourth-order valence-corrected chi connectivity index (χ4v) is 1.48. The lowest BCUT2D eigenvalue weighted by Crippen LogP contribution is -2.33. The largest absolute Gasteiger partial charge is 0.484 e. The molecule has 108 valence electrons. The molecule has 0 fully saturated rings. The molecule has 4 nitrogen and oxygen atoms in total. The van der Waals surface area contributed by atoms with Crippen LogP contribution >= 0.6 is 12.4 Å². The van der Waals surface area contributed by atoms with Gasteiger partial charge in [-0.3, -0.25) is 4.79 Å². The molecule has 2 N–H and O–H groups in total. The maximum absolute atomic E-state index is 11.4. The molecule has 0 aromatic heterocycles. The molecule has 19 heavy (non-hydrogen) atoms. The van der Waals surface area contributed by atoms with E-state index >= 15 is 0 Å². The second-order valence-corrected chi connectivity index (χ2v) is 4.47. The highest BCUT2D eigenvalue weighted by atomic mass is 35.5. The van der Waals surface area contributed by atoms with Gasteiger partial charge in [-0.2, -0.15) is 0 Å². The molecular formula is C14H23ClN2O2. The van der Waals surface area contributed by atoms with E-state index in [1.807, 2.05) is 31.3 Å². The number of rotatable bonds is 7. The van der Waals surface area contributed by atoms with Gasteiger partial charge in [-0.1, -0.05) is 26.0 Å². The maximum atomic E-state index is 11.4. The van der Waals surface area contributed by atoms with Gasteiger partial charge in [-0.15, -0.1) is 12.4 Å². The van der Waals surface area contributed by atoms with E-state index in [0.29, 0.717) is 12.5 Å². The number of hydrogen-bond acceptors (Lipinski definition) is 3. The summed E-state index contributed by atoms with van der Waals surface area (Å²) in [5.74, 6) is 1.13. The van der Waals surface area contributed by atoms with E-state index in [-0.39, 0.29) is 24.9 Å². The van der Waals surface area contributed by atoms with E-state index in [1.54, 1.807) is 0 Å². The van der Waals surface area contributed by atoms with Crippen molar-refractivity contribution >= 4 is 18.3 Å². The molecule has 0 spiro atoms. The molecule has 1 rings (SSSR count). The fraction of sp³-hybridized carbons (Fsp3) is 0.500. The second kappa shape index (κ2) is 9.64. The Balaban J connectivity index is 0.00000324. The van der Waals surface area contributed by atoms with Gasteiger partial charge in [0.25, 0.3) is 5.91 Å². The van der Waals surface area contributed by atoms with Gasteiger partial charge in [-0.25, -0.2) is 0 Å². The Morgan fingerprint density at radius 2 is 1.84 bits per heavy atom. The van der Waals surface area contributed by atoms with E-state index in [9.17, 15) is 4.79 Å². The molecule has 0 saturated carbocycles. The zero-order valence-corrected chi connectivity index (χ0v) is 12.5. The highest BCUT2D eigenvalue weighted by molar-refractivity contribution is 5.85. The van der Waals surface area contributed by atoms with Gasteiger partial charge in [0.1, 0.15) is 5.75 Å². The number of carbonyl (C=O) groups excluding carboxylic acids is 1. The molecule has 0 radical (unpaired) electrons. The smallest absolute Gasteiger partial charge is 0.257 e. The number of amides is 1. The molecule has 0 saturated heterocycles. The van der Waals surface area contributed by atoms with Crippen LogP contribution in [0.1, 0.15) is 25.3 Å². The van der Waals surface area contributed by atoms with E-state index in [1.165, 1.54) is 5.56 Å². The predicted octanol–water partition coefficient (Wildman–Crippen LogP) is 1.95. The standard InChI is InChI=1S/C14H22N2O2.ClH/c1-11(2)12-4-6-13(7-5-12)18-10-14(17)16-9-8-15-3;/h4-7,11,15H,8-10H2,1-3H3,(H,16,17);1H. The Labute approximate surface area is 121 Å². The second-order valence-electron chi connectivity index (χ2n) is 4.47. The lowest BCUT2D eigenvalue weighted by Gasteiger charge is -2.09. The average molecular weight is 287 g/mol. The third-order valence-electron chi connectivity index (χ3n) is 2.61. The zero-order valence-electron chi connectivity index (χ0n) is 11.7. The molecule has 0 aliphatic rings. The van der Waals surface area contributed by atoms with Crippen LogP contribution in [-0.4, -0.2) is 32.7 Å². The molecule has 0 aliphatic heterocycles. The van der Waals surface area contributed by atoms with Crippen molar-refractivity contribution in [1.82, 2.24) is 10.6 Å². The Hall–Kier alpha value is -1.26. The summed E-state index contributed by atoms with van der Waals surface area (Å²) >= 11 is 0. The van der Waals surface area contributed by atoms with Gasteiger partial charge in [0, 0.05) is 13.1 Å². The number of carbonyl (C=O) groups is 1. The third-order valence-corrected chi connectivity index (χ3v) is 2.61. The molecule has 1 amide bonds. The molecular weight excluding hydrogens is 264 g/mol. The van der Waals surface area contributed by atoms with Crippen LogP contribution in [0.15, 0.2) is 24.3 Å². The number of ether oxygens (including phenoxy) is 1. The molecule has 0 aliphatic carbocycles. The number of likely N-dealkylation sites (N-methyl/N-ethyl adjacent to an activating group) is 1. The Morgan fingerprint density at radius 3 is 2.37 bits per heavy atom. The highest BCUT2D eigenvalue weighted by Gasteiger charge is 2.03. The summed E-state index contributed by atoms with van der Waals surface area (Å²) in [4.78, 5) is 11.4. The van der Waals surface area contributed by atoms with Crippen LogP contribution in [0, 0.1) is 0 Å². The Bertz CT molecular complexity index is 366. The third kappa shape index (κ3) is 7.03. The van der Waals surface area contributed by atoms with E-state index < -0.39 is 0 Å². The van der Waals surface area contributed by atoms with Crippen LogP contribution in [0.25, 0.3) is 0 Å². The van der Waals surface area contributed by atoms with Crippen LogP contribution in [0.5, 0.6) is 5.75 Å². The van der Waals surface area contributed by atoms with E-state index in [0.717, 1.165) is 12.3 Å². The van der Waals surface area contributed by atoms with Crippen molar-refractivity contribution in [2.75, 3.05) is 26.7 Å². The Kier molecular flexibility index (Phi) is 9.00. The number of hydrogen-bond donors (Lipinski definition) is 2. The maximum Gasteiger partial charge on any atom is 0.257 e. The lowest BCUT2D eigenvalue weighted by atomic mass is 10.0. The first-order valence-corrected chi connectivity index (χ1v) is 6.27. The molecule has 0 atom stereocenters. The van der Waals surface area contributed by atoms with Crippen molar-refractivity contribution in [3.63, 3.8) is 0 Å². The quantitative estimate of drug-likeness (QED) is 0.753. The van der Waals surface area contributed by atoms with Crippen molar-refractivity contribution in [3.05, 3.63) is 29.8 Å². The van der Waals surface area contributed by atoms with Crippen LogP contribution in [0.3, 0.4) is 0 Å². The average Bonchev–Trinajstić information content (AvgIpc) is 2.37. The zero-order chi connectivity index (χ0) is 13.4. The molecule has 5 heteroatoms. The molecule has 0 heterocycles. The highest BCUT2D eigenvalue weighted by Crippen LogP contribution is 2.18. The van der Waals surface area contributed by atoms with E-state index in [4.69, 9.17) is 4.74 Å². The monoisotopic (exact) mass is 286 g/mol. The van der Waals surface area contributed by atoms with Gasteiger partial charge in [0.05, 0.1) is 0 Å². The minimum Gasteiger partial charge on any atom is -0.484 e. The van der Waals surface area contributed by atoms with Gasteiger partial charge < -0.3 is 15.4 Å². The van der Waals surface area contributed by atoms with Crippen LogP contribution in [0.2, 0.25) is 0 Å². The number of benzene rings is 1. The predicted molar refractivity (Wildman–Crippen MR) is 80.2 cm³/mol. The lowest BCUT2D eigenvalue weighted by molar-refractivity contribution is -0.123. The summed E-state index contributed by atoms with van der Waals surface area (Å²) < 4.78 is 5.40. The van der Waals surface area contributed by atoms with Gasteiger partial charge in [0.2, 0.25) is 0 Å². The van der Waals surface area contributed by atoms with Crippen molar-refractivity contribution in [2.24, 2.45) is 0 Å². The molecule has 0 bridgehead atoms. The topological polar surface area (TPSA) is 50.4 Å². The summed E-state index contributed by atoms with van der Waals surface area (Å²) in [7, 11) is 1.85. The first-order chi connectivity index (χ1) is 8.63. The minimum absolute atomic E-state index is 0. The normalized spacial score (nSPS) is 9.89. The summed E-state index contributed by atoms with van der Waals surface area (Å²) in [5.41, 5.74) is 1.26. The van der Waals surface area contributed by atoms with Crippen molar-refractivity contribution < 1.29 is 9.53 Å². The van der Waals surface area contributed by atoms with Gasteiger partial charge in [-0.05, 0) is 30.7 Å². The minimum atomic E-state index is -0.0989. The number of halogens is 1. The first-order valence-electron chi connectivity index (χ1n) is 6.27. The van der Waals surface area contributed by atoms with Crippen molar-refractivity contribution in [3.8, 4) is 5.75 Å².